The van der Waals surface area contributed by atoms with Gasteiger partial charge in [0.2, 0.25) is 0 Å². The van der Waals surface area contributed by atoms with Crippen molar-refractivity contribution in [3.8, 4) is 11.5 Å². The van der Waals surface area contributed by atoms with Gasteiger partial charge in [-0.3, -0.25) is 0 Å². The third kappa shape index (κ3) is 1.92. The van der Waals surface area contributed by atoms with Crippen LogP contribution in [0.15, 0.2) is 6.07 Å². The van der Waals surface area contributed by atoms with Crippen LogP contribution in [0, 0.1) is 6.92 Å². The smallest absolute Gasteiger partial charge is 0.144 e. The molecule has 0 heterocycles. The fraction of sp³-hybridized carbons (Fsp3) is 0.333. The summed E-state index contributed by atoms with van der Waals surface area (Å²) in [4.78, 5) is 0. The molecule has 0 saturated heterocycles. The van der Waals surface area contributed by atoms with E-state index in [-0.39, 0.29) is 17.3 Å². The van der Waals surface area contributed by atoms with Gasteiger partial charge in [0.15, 0.2) is 0 Å². The molecule has 0 aromatic heterocycles. The van der Waals surface area contributed by atoms with Crippen LogP contribution in [0.3, 0.4) is 0 Å². The Morgan fingerprint density at radius 1 is 1.57 bits per heavy atom. The number of hydrogen-bond acceptors (Lipinski definition) is 4. The first-order chi connectivity index (χ1) is 6.61. The Morgan fingerprint density at radius 2 is 2.21 bits per heavy atom. The van der Waals surface area contributed by atoms with E-state index in [1.807, 2.05) is 12.4 Å². The highest BCUT2D eigenvalue weighted by Crippen LogP contribution is 2.38. The summed E-state index contributed by atoms with van der Waals surface area (Å²) in [6.45, 7) is 1.95. The number of hydrogen-bond donors (Lipinski definition) is 3. The van der Waals surface area contributed by atoms with E-state index >= 15 is 0 Å². The molecule has 0 bridgehead atoms. The van der Waals surface area contributed by atoms with Crippen molar-refractivity contribution < 1.29 is 15.1 Å². The summed E-state index contributed by atoms with van der Waals surface area (Å²) in [5.74, 6) is 0.376. The zero-order valence-electron chi connectivity index (χ0n) is 7.97. The van der Waals surface area contributed by atoms with Crippen molar-refractivity contribution >= 4 is 11.6 Å². The number of rotatable bonds is 3. The lowest BCUT2D eigenvalue weighted by Crippen LogP contribution is -2.07. The molecule has 1 aromatic rings. The number of phenols is 1. The first-order valence-corrected chi connectivity index (χ1v) is 4.41. The summed E-state index contributed by atoms with van der Waals surface area (Å²) in [5, 5.41) is 18.3. The minimum atomic E-state index is -0.0735. The van der Waals surface area contributed by atoms with E-state index in [1.165, 1.54) is 7.11 Å². The van der Waals surface area contributed by atoms with Crippen molar-refractivity contribution in [1.29, 1.82) is 0 Å². The molecule has 1 aromatic carbocycles. The Bertz CT molecular complexity index is 341. The van der Waals surface area contributed by atoms with E-state index in [0.29, 0.717) is 11.3 Å². The predicted molar refractivity (Wildman–Crippen MR) is 53.0 cm³/mol. The molecule has 3 N–H and O–H groups in total. The van der Waals surface area contributed by atoms with Gasteiger partial charge in [-0.05, 0) is 18.6 Å². The van der Waals surface area contributed by atoms with Gasteiger partial charge in [0.1, 0.15) is 16.5 Å². The van der Waals surface area contributed by atoms with E-state index < -0.39 is 0 Å². The van der Waals surface area contributed by atoms with Crippen LogP contribution in [0.2, 0.25) is 5.02 Å². The van der Waals surface area contributed by atoms with Crippen LogP contribution in [0.1, 0.15) is 11.1 Å². The van der Waals surface area contributed by atoms with E-state index in [1.54, 1.807) is 6.07 Å². The van der Waals surface area contributed by atoms with Crippen molar-refractivity contribution in [2.24, 2.45) is 0 Å². The number of hydroxylamine groups is 1. The lowest BCUT2D eigenvalue weighted by Gasteiger charge is -2.12. The van der Waals surface area contributed by atoms with Crippen LogP contribution in [0.25, 0.3) is 0 Å². The summed E-state index contributed by atoms with van der Waals surface area (Å²) in [6, 6.07) is 1.70. The summed E-state index contributed by atoms with van der Waals surface area (Å²) >= 11 is 5.86. The predicted octanol–water partition coefficient (Wildman–Crippen LogP) is 1.84. The molecule has 0 saturated carbocycles. The van der Waals surface area contributed by atoms with Gasteiger partial charge in [-0.2, -0.15) is 0 Å². The molecule has 14 heavy (non-hydrogen) atoms. The maximum absolute atomic E-state index is 9.60. The van der Waals surface area contributed by atoms with E-state index in [4.69, 9.17) is 21.5 Å². The van der Waals surface area contributed by atoms with E-state index in [9.17, 15) is 5.11 Å². The number of nitrogens with one attached hydrogen (secondary N) is 1. The van der Waals surface area contributed by atoms with Gasteiger partial charge in [0, 0.05) is 12.1 Å². The molecule has 0 unspecified atom stereocenters. The molecule has 0 aliphatic heterocycles. The first-order valence-electron chi connectivity index (χ1n) is 4.03. The summed E-state index contributed by atoms with van der Waals surface area (Å²) in [7, 11) is 1.48. The van der Waals surface area contributed by atoms with Crippen LogP contribution < -0.4 is 10.2 Å². The lowest BCUT2D eigenvalue weighted by molar-refractivity contribution is 0.160. The molecule has 5 heteroatoms. The molecule has 0 amide bonds. The molecular weight excluding hydrogens is 206 g/mol. The van der Waals surface area contributed by atoms with Gasteiger partial charge < -0.3 is 15.1 Å². The quantitative estimate of drug-likeness (QED) is 0.677. The summed E-state index contributed by atoms with van der Waals surface area (Å²) < 4.78 is 5.01. The number of halogens is 1. The van der Waals surface area contributed by atoms with Crippen LogP contribution in [0.5, 0.6) is 11.5 Å². The van der Waals surface area contributed by atoms with Crippen LogP contribution in [0.4, 0.5) is 0 Å². The maximum Gasteiger partial charge on any atom is 0.144 e. The zero-order chi connectivity index (χ0) is 10.7. The van der Waals surface area contributed by atoms with Crippen molar-refractivity contribution in [3.05, 3.63) is 22.2 Å². The second-order valence-electron chi connectivity index (χ2n) is 2.88. The monoisotopic (exact) mass is 217 g/mol. The number of aromatic hydroxyl groups is 1. The summed E-state index contributed by atoms with van der Waals surface area (Å²) in [6.07, 6.45) is 0. The van der Waals surface area contributed by atoms with Gasteiger partial charge in [-0.25, -0.2) is 5.48 Å². The second-order valence-corrected chi connectivity index (χ2v) is 3.26. The molecule has 0 spiro atoms. The highest BCUT2D eigenvalue weighted by Gasteiger charge is 2.14. The van der Waals surface area contributed by atoms with Crippen LogP contribution >= 0.6 is 11.6 Å². The van der Waals surface area contributed by atoms with E-state index in [2.05, 4.69) is 0 Å². The Balaban J connectivity index is 3.25. The zero-order valence-corrected chi connectivity index (χ0v) is 8.72. The molecule has 0 radical (unpaired) electrons. The average molecular weight is 218 g/mol. The molecule has 0 atom stereocenters. The normalized spacial score (nSPS) is 10.3. The molecule has 1 rings (SSSR count). The number of benzene rings is 1. The molecule has 0 aliphatic carbocycles. The standard InChI is InChI=1S/C9H12ClNO3/c1-5-3-6(4-11-13)8(12)7(10)9(5)14-2/h3,11-13H,4H2,1-2H3. The maximum atomic E-state index is 9.60. The molecule has 4 nitrogen and oxygen atoms in total. The molecule has 78 valence electrons. The van der Waals surface area contributed by atoms with Gasteiger partial charge >= 0.3 is 0 Å². The molecule has 0 aliphatic rings. The van der Waals surface area contributed by atoms with Gasteiger partial charge in [0.25, 0.3) is 0 Å². The third-order valence-electron chi connectivity index (χ3n) is 1.93. The number of phenolic OH excluding ortho intramolecular Hbond substituents is 1. The average Bonchev–Trinajstić information content (AvgIpc) is 2.15. The van der Waals surface area contributed by atoms with Crippen molar-refractivity contribution in [2.45, 2.75) is 13.5 Å². The van der Waals surface area contributed by atoms with E-state index in [0.717, 1.165) is 5.56 Å². The topological polar surface area (TPSA) is 61.7 Å². The summed E-state index contributed by atoms with van der Waals surface area (Å²) in [5.41, 5.74) is 3.29. The van der Waals surface area contributed by atoms with Crippen molar-refractivity contribution in [3.63, 3.8) is 0 Å². The van der Waals surface area contributed by atoms with Crippen LogP contribution in [-0.2, 0) is 6.54 Å². The third-order valence-corrected chi connectivity index (χ3v) is 2.28. The lowest BCUT2D eigenvalue weighted by atomic mass is 10.1. The Labute approximate surface area is 87.0 Å². The minimum Gasteiger partial charge on any atom is -0.506 e. The largest absolute Gasteiger partial charge is 0.506 e. The Morgan fingerprint density at radius 3 is 2.71 bits per heavy atom. The van der Waals surface area contributed by atoms with Crippen molar-refractivity contribution in [2.75, 3.05) is 7.11 Å². The second kappa shape index (κ2) is 4.50. The minimum absolute atomic E-state index is 0.0735. The Kier molecular flexibility index (Phi) is 3.57. The highest BCUT2D eigenvalue weighted by molar-refractivity contribution is 6.33. The highest BCUT2D eigenvalue weighted by atomic mass is 35.5. The fourth-order valence-corrected chi connectivity index (χ4v) is 1.63. The number of methoxy groups -OCH3 is 1. The number of ether oxygens (including phenoxy) is 1. The Hall–Kier alpha value is -0.970. The van der Waals surface area contributed by atoms with Gasteiger partial charge in [-0.15, -0.1) is 0 Å². The number of aryl methyl sites for hydroxylation is 1. The molecule has 0 fully saturated rings. The molecular formula is C9H12ClNO3. The first kappa shape index (κ1) is 11.1. The van der Waals surface area contributed by atoms with Crippen LogP contribution in [-0.4, -0.2) is 17.4 Å². The SMILES string of the molecule is COc1c(C)cc(CNO)c(O)c1Cl. The van der Waals surface area contributed by atoms with Crippen molar-refractivity contribution in [1.82, 2.24) is 5.48 Å². The van der Waals surface area contributed by atoms with Gasteiger partial charge in [0.05, 0.1) is 7.11 Å². The van der Waals surface area contributed by atoms with Gasteiger partial charge in [-0.1, -0.05) is 11.6 Å². The fourth-order valence-electron chi connectivity index (χ4n) is 1.29.